The van der Waals surface area contributed by atoms with E-state index in [1.54, 1.807) is 0 Å². The highest BCUT2D eigenvalue weighted by Crippen LogP contribution is 2.30. The minimum Gasteiger partial charge on any atom is -0.390 e. The summed E-state index contributed by atoms with van der Waals surface area (Å²) in [6, 6.07) is 0. The maximum Gasteiger partial charge on any atom is 0.0624 e. The molecule has 0 aromatic carbocycles. The van der Waals surface area contributed by atoms with E-state index in [9.17, 15) is 5.11 Å². The lowest BCUT2D eigenvalue weighted by atomic mass is 9.80. The van der Waals surface area contributed by atoms with Gasteiger partial charge in [-0.25, -0.2) is 0 Å². The Bertz CT molecular complexity index is 174. The smallest absolute Gasteiger partial charge is 0.0624 e. The molecule has 0 aliphatic rings. The first-order valence-electron chi connectivity index (χ1n) is 6.85. The van der Waals surface area contributed by atoms with Crippen molar-refractivity contribution >= 4 is 0 Å². The summed E-state index contributed by atoms with van der Waals surface area (Å²) in [4.78, 5) is 0. The molecule has 0 bridgehead atoms. The number of hydrogen-bond acceptors (Lipinski definition) is 1. The van der Waals surface area contributed by atoms with Gasteiger partial charge in [-0.15, -0.1) is 0 Å². The third-order valence-corrected chi connectivity index (χ3v) is 2.91. The number of unbranched alkanes of at least 4 members (excludes halogenated alkanes) is 2. The van der Waals surface area contributed by atoms with E-state index in [4.69, 9.17) is 0 Å². The SMILES string of the molecule is CC(C)CCCCCC(C)(O)CC(C)(C)C. The summed E-state index contributed by atoms with van der Waals surface area (Å²) in [6.07, 6.45) is 6.89. The normalized spacial score (nSPS) is 16.5. The van der Waals surface area contributed by atoms with Crippen LogP contribution < -0.4 is 0 Å². The zero-order valence-corrected chi connectivity index (χ0v) is 12.3. The van der Waals surface area contributed by atoms with Crippen LogP contribution >= 0.6 is 0 Å². The fourth-order valence-electron chi connectivity index (χ4n) is 2.47. The van der Waals surface area contributed by atoms with Gasteiger partial charge in [0.15, 0.2) is 0 Å². The molecule has 0 aliphatic heterocycles. The zero-order valence-electron chi connectivity index (χ0n) is 12.3. The molecule has 1 N–H and O–H groups in total. The van der Waals surface area contributed by atoms with E-state index in [-0.39, 0.29) is 5.41 Å². The quantitative estimate of drug-likeness (QED) is 0.622. The monoisotopic (exact) mass is 228 g/mol. The summed E-state index contributed by atoms with van der Waals surface area (Å²) in [6.45, 7) is 13.1. The van der Waals surface area contributed by atoms with Gasteiger partial charge in [0.2, 0.25) is 0 Å². The fraction of sp³-hybridized carbons (Fsp3) is 1.00. The van der Waals surface area contributed by atoms with Crippen molar-refractivity contribution in [2.24, 2.45) is 11.3 Å². The van der Waals surface area contributed by atoms with Gasteiger partial charge in [0.1, 0.15) is 0 Å². The van der Waals surface area contributed by atoms with E-state index >= 15 is 0 Å². The van der Waals surface area contributed by atoms with E-state index in [1.165, 1.54) is 19.3 Å². The Balaban J connectivity index is 3.66. The molecular formula is C15H32O. The first-order chi connectivity index (χ1) is 7.12. The van der Waals surface area contributed by atoms with Crippen molar-refractivity contribution in [2.45, 2.75) is 85.7 Å². The summed E-state index contributed by atoms with van der Waals surface area (Å²) in [5, 5.41) is 10.3. The molecule has 0 spiro atoms. The topological polar surface area (TPSA) is 20.2 Å². The van der Waals surface area contributed by atoms with Gasteiger partial charge in [-0.3, -0.25) is 0 Å². The van der Waals surface area contributed by atoms with Crippen LogP contribution in [-0.4, -0.2) is 10.7 Å². The Labute approximate surface area is 103 Å². The van der Waals surface area contributed by atoms with Crippen LogP contribution in [0.3, 0.4) is 0 Å². The molecule has 0 saturated carbocycles. The highest BCUT2D eigenvalue weighted by atomic mass is 16.3. The minimum absolute atomic E-state index is 0.224. The summed E-state index contributed by atoms with van der Waals surface area (Å²) < 4.78 is 0. The molecule has 0 aromatic heterocycles. The first kappa shape index (κ1) is 16.0. The summed E-state index contributed by atoms with van der Waals surface area (Å²) in [7, 11) is 0. The van der Waals surface area contributed by atoms with Crippen molar-refractivity contribution in [3.05, 3.63) is 0 Å². The summed E-state index contributed by atoms with van der Waals surface area (Å²) in [5.74, 6) is 0.815. The Morgan fingerprint density at radius 3 is 1.94 bits per heavy atom. The molecule has 0 fully saturated rings. The van der Waals surface area contributed by atoms with E-state index in [2.05, 4.69) is 34.6 Å². The molecule has 0 saturated heterocycles. The molecule has 1 heteroatoms. The average molecular weight is 228 g/mol. The van der Waals surface area contributed by atoms with Gasteiger partial charge in [-0.2, -0.15) is 0 Å². The predicted octanol–water partition coefficient (Wildman–Crippen LogP) is 4.78. The Morgan fingerprint density at radius 2 is 1.50 bits per heavy atom. The lowest BCUT2D eigenvalue weighted by Crippen LogP contribution is -2.30. The van der Waals surface area contributed by atoms with Crippen molar-refractivity contribution < 1.29 is 5.11 Å². The molecule has 1 unspecified atom stereocenters. The lowest BCUT2D eigenvalue weighted by molar-refractivity contribution is 0.00916. The van der Waals surface area contributed by atoms with Gasteiger partial charge in [0.05, 0.1) is 5.60 Å². The number of hydrogen-bond donors (Lipinski definition) is 1. The van der Waals surface area contributed by atoms with Gasteiger partial charge in [-0.1, -0.05) is 60.3 Å². The third-order valence-electron chi connectivity index (χ3n) is 2.91. The van der Waals surface area contributed by atoms with Crippen molar-refractivity contribution in [1.29, 1.82) is 0 Å². The van der Waals surface area contributed by atoms with E-state index in [1.807, 2.05) is 6.92 Å². The maximum absolute atomic E-state index is 10.3. The summed E-state index contributed by atoms with van der Waals surface area (Å²) >= 11 is 0. The van der Waals surface area contributed by atoms with Crippen molar-refractivity contribution in [1.82, 2.24) is 0 Å². The molecule has 0 rings (SSSR count). The minimum atomic E-state index is -0.476. The highest BCUT2D eigenvalue weighted by Gasteiger charge is 2.26. The fourth-order valence-corrected chi connectivity index (χ4v) is 2.47. The Morgan fingerprint density at radius 1 is 0.938 bits per heavy atom. The van der Waals surface area contributed by atoms with Crippen LogP contribution in [0.1, 0.15) is 80.1 Å². The van der Waals surface area contributed by atoms with Crippen molar-refractivity contribution in [3.8, 4) is 0 Å². The van der Waals surface area contributed by atoms with E-state index < -0.39 is 5.60 Å². The van der Waals surface area contributed by atoms with Crippen LogP contribution in [0.2, 0.25) is 0 Å². The largest absolute Gasteiger partial charge is 0.390 e. The molecule has 1 nitrogen and oxygen atoms in total. The highest BCUT2D eigenvalue weighted by molar-refractivity contribution is 4.79. The average Bonchev–Trinajstić information content (AvgIpc) is 1.97. The Kier molecular flexibility index (Phi) is 6.62. The maximum atomic E-state index is 10.3. The standard InChI is InChI=1S/C15H32O/c1-13(2)10-8-7-9-11-15(6,16)12-14(3,4)5/h13,16H,7-12H2,1-6H3. The van der Waals surface area contributed by atoms with Crippen LogP contribution in [0.25, 0.3) is 0 Å². The summed E-state index contributed by atoms with van der Waals surface area (Å²) in [5.41, 5.74) is -0.252. The second-order valence-corrected chi connectivity index (χ2v) is 7.23. The molecule has 1 atom stereocenters. The van der Waals surface area contributed by atoms with E-state index in [0.717, 1.165) is 25.2 Å². The van der Waals surface area contributed by atoms with Crippen molar-refractivity contribution in [3.63, 3.8) is 0 Å². The Hall–Kier alpha value is -0.0400. The zero-order chi connectivity index (χ0) is 12.8. The molecule has 0 aliphatic carbocycles. The first-order valence-corrected chi connectivity index (χ1v) is 6.85. The lowest BCUT2D eigenvalue weighted by Gasteiger charge is -2.31. The molecule has 0 radical (unpaired) electrons. The number of aliphatic hydroxyl groups is 1. The molecule has 0 heterocycles. The molecule has 0 aromatic rings. The predicted molar refractivity (Wildman–Crippen MR) is 72.6 cm³/mol. The second kappa shape index (κ2) is 6.64. The molecule has 16 heavy (non-hydrogen) atoms. The van der Waals surface area contributed by atoms with Gasteiger partial charge >= 0.3 is 0 Å². The van der Waals surface area contributed by atoms with E-state index in [0.29, 0.717) is 0 Å². The van der Waals surface area contributed by atoms with Crippen LogP contribution in [-0.2, 0) is 0 Å². The second-order valence-electron chi connectivity index (χ2n) is 7.23. The van der Waals surface area contributed by atoms with Crippen LogP contribution in [0, 0.1) is 11.3 Å². The van der Waals surface area contributed by atoms with Crippen LogP contribution in [0.4, 0.5) is 0 Å². The molecular weight excluding hydrogens is 196 g/mol. The number of rotatable bonds is 7. The van der Waals surface area contributed by atoms with Crippen LogP contribution in [0.15, 0.2) is 0 Å². The van der Waals surface area contributed by atoms with Gasteiger partial charge in [0, 0.05) is 0 Å². The van der Waals surface area contributed by atoms with Gasteiger partial charge < -0.3 is 5.11 Å². The van der Waals surface area contributed by atoms with Gasteiger partial charge in [0.25, 0.3) is 0 Å². The molecule has 98 valence electrons. The molecule has 0 amide bonds. The van der Waals surface area contributed by atoms with Gasteiger partial charge in [-0.05, 0) is 31.1 Å². The van der Waals surface area contributed by atoms with Crippen LogP contribution in [0.5, 0.6) is 0 Å². The third kappa shape index (κ3) is 10.5. The van der Waals surface area contributed by atoms with Crippen molar-refractivity contribution in [2.75, 3.05) is 0 Å².